The maximum Gasteiger partial charge on any atom is 0.259 e. The minimum absolute atomic E-state index is 0.105. The van der Waals surface area contributed by atoms with E-state index in [-0.39, 0.29) is 5.91 Å². The first-order chi connectivity index (χ1) is 12.8. The fraction of sp³-hybridized carbons (Fsp3) is 0.238. The summed E-state index contributed by atoms with van der Waals surface area (Å²) in [5.74, 6) is 0.687. The number of amides is 1. The normalized spacial score (nSPS) is 14.0. The molecule has 0 saturated carbocycles. The van der Waals surface area contributed by atoms with E-state index in [0.717, 1.165) is 53.2 Å². The SMILES string of the molecule is CSc1ccccc1NC(=O)c1cc2ccccc2nc1N1CCCC1. The van der Waals surface area contributed by atoms with Crippen LogP contribution in [0, 0.1) is 0 Å². The lowest BCUT2D eigenvalue weighted by Crippen LogP contribution is -2.24. The van der Waals surface area contributed by atoms with Gasteiger partial charge < -0.3 is 10.2 Å². The van der Waals surface area contributed by atoms with Crippen molar-refractivity contribution < 1.29 is 4.79 Å². The van der Waals surface area contributed by atoms with Crippen LogP contribution in [0.25, 0.3) is 10.9 Å². The molecule has 132 valence electrons. The van der Waals surface area contributed by atoms with Crippen LogP contribution >= 0.6 is 11.8 Å². The van der Waals surface area contributed by atoms with E-state index in [2.05, 4.69) is 10.2 Å². The van der Waals surface area contributed by atoms with Crippen molar-refractivity contribution in [1.82, 2.24) is 4.98 Å². The van der Waals surface area contributed by atoms with Gasteiger partial charge in [-0.25, -0.2) is 4.98 Å². The van der Waals surface area contributed by atoms with Crippen LogP contribution in [0.5, 0.6) is 0 Å². The van der Waals surface area contributed by atoms with Crippen LogP contribution in [0.1, 0.15) is 23.2 Å². The van der Waals surface area contributed by atoms with E-state index in [1.165, 1.54) is 0 Å². The predicted octanol–water partition coefficient (Wildman–Crippen LogP) is 4.81. The topological polar surface area (TPSA) is 45.2 Å². The summed E-state index contributed by atoms with van der Waals surface area (Å²) < 4.78 is 0. The largest absolute Gasteiger partial charge is 0.356 e. The number of anilines is 2. The number of pyridine rings is 1. The van der Waals surface area contributed by atoms with E-state index in [0.29, 0.717) is 5.56 Å². The number of hydrogen-bond donors (Lipinski definition) is 1. The zero-order valence-electron chi connectivity index (χ0n) is 14.7. The van der Waals surface area contributed by atoms with Crippen LogP contribution in [0.4, 0.5) is 11.5 Å². The Labute approximate surface area is 157 Å². The van der Waals surface area contributed by atoms with Gasteiger partial charge in [0.15, 0.2) is 0 Å². The number of benzene rings is 2. The molecule has 2 aromatic carbocycles. The molecule has 4 rings (SSSR count). The second-order valence-electron chi connectivity index (χ2n) is 6.40. The van der Waals surface area contributed by atoms with Gasteiger partial charge in [-0.1, -0.05) is 30.3 Å². The van der Waals surface area contributed by atoms with Crippen molar-refractivity contribution >= 4 is 40.1 Å². The third-order valence-electron chi connectivity index (χ3n) is 4.71. The highest BCUT2D eigenvalue weighted by Crippen LogP contribution is 2.29. The number of rotatable bonds is 4. The second kappa shape index (κ2) is 7.38. The molecule has 0 bridgehead atoms. The van der Waals surface area contributed by atoms with Crippen LogP contribution in [0.3, 0.4) is 0 Å². The lowest BCUT2D eigenvalue weighted by Gasteiger charge is -2.21. The Morgan fingerprint density at radius 1 is 1.08 bits per heavy atom. The summed E-state index contributed by atoms with van der Waals surface area (Å²) in [6.07, 6.45) is 4.30. The molecule has 0 unspecified atom stereocenters. The molecule has 1 aromatic heterocycles. The molecule has 4 nitrogen and oxygen atoms in total. The summed E-state index contributed by atoms with van der Waals surface area (Å²) >= 11 is 1.62. The molecule has 2 heterocycles. The molecule has 26 heavy (non-hydrogen) atoms. The van der Waals surface area contributed by atoms with Gasteiger partial charge >= 0.3 is 0 Å². The van der Waals surface area contributed by atoms with Crippen molar-refractivity contribution in [3.8, 4) is 0 Å². The van der Waals surface area contributed by atoms with Crippen LogP contribution < -0.4 is 10.2 Å². The van der Waals surface area contributed by atoms with Gasteiger partial charge in [0.25, 0.3) is 5.91 Å². The van der Waals surface area contributed by atoms with Crippen molar-refractivity contribution in [3.05, 3.63) is 60.2 Å². The molecule has 1 saturated heterocycles. The lowest BCUT2D eigenvalue weighted by atomic mass is 10.1. The average molecular weight is 363 g/mol. The lowest BCUT2D eigenvalue weighted by molar-refractivity contribution is 0.102. The molecule has 1 N–H and O–H groups in total. The summed E-state index contributed by atoms with van der Waals surface area (Å²) in [6, 6.07) is 17.8. The van der Waals surface area contributed by atoms with Crippen molar-refractivity contribution in [2.75, 3.05) is 29.6 Å². The number of para-hydroxylation sites is 2. The summed E-state index contributed by atoms with van der Waals surface area (Å²) in [7, 11) is 0. The third kappa shape index (κ3) is 3.27. The monoisotopic (exact) mass is 363 g/mol. The molecule has 0 aliphatic carbocycles. The van der Waals surface area contributed by atoms with E-state index in [9.17, 15) is 4.79 Å². The minimum Gasteiger partial charge on any atom is -0.356 e. The van der Waals surface area contributed by atoms with Crippen LogP contribution in [-0.4, -0.2) is 30.2 Å². The fourth-order valence-corrected chi connectivity index (χ4v) is 3.93. The molecular formula is C21H21N3OS. The molecule has 1 aliphatic rings. The fourth-order valence-electron chi connectivity index (χ4n) is 3.38. The zero-order chi connectivity index (χ0) is 17.9. The molecule has 1 fully saturated rings. The van der Waals surface area contributed by atoms with Crippen molar-refractivity contribution in [2.24, 2.45) is 0 Å². The van der Waals surface area contributed by atoms with E-state index in [1.807, 2.05) is 60.9 Å². The summed E-state index contributed by atoms with van der Waals surface area (Å²) in [5, 5.41) is 4.06. The van der Waals surface area contributed by atoms with E-state index in [4.69, 9.17) is 4.98 Å². The first kappa shape index (κ1) is 16.9. The molecule has 1 aliphatic heterocycles. The first-order valence-corrected chi connectivity index (χ1v) is 10.1. The maximum absolute atomic E-state index is 13.1. The number of thioether (sulfide) groups is 1. The number of nitrogens with zero attached hydrogens (tertiary/aromatic N) is 2. The Morgan fingerprint density at radius 2 is 1.81 bits per heavy atom. The maximum atomic E-state index is 13.1. The molecule has 3 aromatic rings. The van der Waals surface area contributed by atoms with Gasteiger partial charge in [-0.3, -0.25) is 4.79 Å². The van der Waals surface area contributed by atoms with E-state index in [1.54, 1.807) is 11.8 Å². The number of aromatic nitrogens is 1. The predicted molar refractivity (Wildman–Crippen MR) is 109 cm³/mol. The molecule has 5 heteroatoms. The van der Waals surface area contributed by atoms with Gasteiger partial charge in [0.1, 0.15) is 5.82 Å². The Kier molecular flexibility index (Phi) is 4.80. The van der Waals surface area contributed by atoms with Crippen molar-refractivity contribution in [1.29, 1.82) is 0 Å². The van der Waals surface area contributed by atoms with Crippen LogP contribution in [-0.2, 0) is 0 Å². The molecule has 0 atom stereocenters. The highest BCUT2D eigenvalue weighted by atomic mass is 32.2. The Bertz CT molecular complexity index is 951. The van der Waals surface area contributed by atoms with E-state index < -0.39 is 0 Å². The van der Waals surface area contributed by atoms with E-state index >= 15 is 0 Å². The number of fused-ring (bicyclic) bond motifs is 1. The highest BCUT2D eigenvalue weighted by molar-refractivity contribution is 7.98. The average Bonchev–Trinajstić information content (AvgIpc) is 3.22. The second-order valence-corrected chi connectivity index (χ2v) is 7.25. The molecule has 0 radical (unpaired) electrons. The number of carbonyl (C=O) groups is 1. The summed E-state index contributed by atoms with van der Waals surface area (Å²) in [5.41, 5.74) is 2.41. The van der Waals surface area contributed by atoms with Crippen molar-refractivity contribution in [2.45, 2.75) is 17.7 Å². The zero-order valence-corrected chi connectivity index (χ0v) is 15.6. The highest BCUT2D eigenvalue weighted by Gasteiger charge is 2.22. The number of nitrogens with one attached hydrogen (secondary N) is 1. The first-order valence-electron chi connectivity index (χ1n) is 8.85. The summed E-state index contributed by atoms with van der Waals surface area (Å²) in [6.45, 7) is 1.90. The van der Waals surface area contributed by atoms with Gasteiger partial charge in [0.2, 0.25) is 0 Å². The molecule has 0 spiro atoms. The smallest absolute Gasteiger partial charge is 0.259 e. The molecule has 1 amide bonds. The Morgan fingerprint density at radius 3 is 2.62 bits per heavy atom. The Balaban J connectivity index is 1.76. The standard InChI is InChI=1S/C21H21N3OS/c1-26-19-11-5-4-10-18(19)23-21(25)16-14-15-8-2-3-9-17(15)22-20(16)24-12-6-7-13-24/h2-5,8-11,14H,6-7,12-13H2,1H3,(H,23,25). The summed E-state index contributed by atoms with van der Waals surface area (Å²) in [4.78, 5) is 21.2. The van der Waals surface area contributed by atoms with Gasteiger partial charge in [-0.05, 0) is 43.4 Å². The quantitative estimate of drug-likeness (QED) is 0.676. The third-order valence-corrected chi connectivity index (χ3v) is 5.51. The van der Waals surface area contributed by atoms with Gasteiger partial charge in [0.05, 0.1) is 16.8 Å². The van der Waals surface area contributed by atoms with Gasteiger partial charge in [-0.15, -0.1) is 11.8 Å². The number of hydrogen-bond acceptors (Lipinski definition) is 4. The molecular weight excluding hydrogens is 342 g/mol. The number of carbonyl (C=O) groups excluding carboxylic acids is 1. The minimum atomic E-state index is -0.105. The Hall–Kier alpha value is -2.53. The van der Waals surface area contributed by atoms with Crippen LogP contribution in [0.2, 0.25) is 0 Å². The van der Waals surface area contributed by atoms with Gasteiger partial charge in [0, 0.05) is 23.4 Å². The van der Waals surface area contributed by atoms with Crippen molar-refractivity contribution in [3.63, 3.8) is 0 Å². The van der Waals surface area contributed by atoms with Crippen LogP contribution in [0.15, 0.2) is 59.5 Å². The van der Waals surface area contributed by atoms with Gasteiger partial charge in [-0.2, -0.15) is 0 Å².